The van der Waals surface area contributed by atoms with Crippen LogP contribution in [0.15, 0.2) is 36.5 Å². The van der Waals surface area contributed by atoms with Gasteiger partial charge < -0.3 is 14.2 Å². The number of allylic oxidation sites excluding steroid dienone is 6. The normalized spacial score (nSPS) is 12.2. The molecular formula is C70H130O6. The highest BCUT2D eigenvalue weighted by atomic mass is 16.6. The minimum atomic E-state index is -0.779. The predicted molar refractivity (Wildman–Crippen MR) is 330 cm³/mol. The van der Waals surface area contributed by atoms with Gasteiger partial charge in [-0.05, 0) is 77.0 Å². The van der Waals surface area contributed by atoms with E-state index in [0.717, 1.165) is 77.0 Å². The van der Waals surface area contributed by atoms with Crippen LogP contribution in [0.1, 0.15) is 374 Å². The third-order valence-electron chi connectivity index (χ3n) is 15.4. The average Bonchev–Trinajstić information content (AvgIpc) is 3.42. The predicted octanol–water partition coefficient (Wildman–Crippen LogP) is 23.2. The summed E-state index contributed by atoms with van der Waals surface area (Å²) < 4.78 is 17.0. The molecule has 0 aliphatic rings. The Bertz CT molecular complexity index is 1270. The van der Waals surface area contributed by atoms with Gasteiger partial charge in [-0.3, -0.25) is 14.4 Å². The molecule has 0 bridgehead atoms. The summed E-state index contributed by atoms with van der Waals surface area (Å²) in [5, 5.41) is 0. The number of rotatable bonds is 63. The van der Waals surface area contributed by atoms with E-state index in [9.17, 15) is 14.4 Å². The van der Waals surface area contributed by atoms with Gasteiger partial charge >= 0.3 is 17.9 Å². The molecule has 0 aromatic rings. The van der Waals surface area contributed by atoms with E-state index >= 15 is 0 Å². The third kappa shape index (κ3) is 62.5. The van der Waals surface area contributed by atoms with Crippen LogP contribution in [-0.2, 0) is 28.6 Å². The monoisotopic (exact) mass is 1070 g/mol. The Morgan fingerprint density at radius 3 is 0.763 bits per heavy atom. The van der Waals surface area contributed by atoms with E-state index in [1.165, 1.54) is 257 Å². The molecule has 0 saturated heterocycles. The molecule has 446 valence electrons. The van der Waals surface area contributed by atoms with Crippen molar-refractivity contribution < 1.29 is 28.6 Å². The Hall–Kier alpha value is -2.37. The number of hydrogen-bond donors (Lipinski definition) is 0. The highest BCUT2D eigenvalue weighted by Gasteiger charge is 2.19. The van der Waals surface area contributed by atoms with Crippen LogP contribution in [0.4, 0.5) is 0 Å². The molecule has 0 N–H and O–H groups in total. The standard InChI is InChI=1S/C70H130O6/c1-4-7-10-13-16-19-22-25-28-30-31-32-33-34-35-36-37-38-40-42-45-48-51-54-57-60-63-69(72)75-66-67(65-74-68(71)62-59-56-53-50-47-44-41-27-24-21-18-15-12-9-6-3)76-70(73)64-61-58-55-52-49-46-43-39-29-26-23-20-17-14-11-8-5-2/h18,21,26-27,29,41,67H,4-17,19-20,22-25,28,30-40,42-66H2,1-3H3/b21-18-,29-26-,41-27-. The summed E-state index contributed by atoms with van der Waals surface area (Å²) in [5.41, 5.74) is 0. The van der Waals surface area contributed by atoms with Crippen LogP contribution >= 0.6 is 0 Å². The second-order valence-electron chi connectivity index (χ2n) is 23.1. The van der Waals surface area contributed by atoms with Gasteiger partial charge in [-0.1, -0.05) is 314 Å². The van der Waals surface area contributed by atoms with Crippen LogP contribution < -0.4 is 0 Å². The Labute approximate surface area is 474 Å². The number of ether oxygens (including phenoxy) is 3. The zero-order valence-corrected chi connectivity index (χ0v) is 51.3. The number of esters is 3. The van der Waals surface area contributed by atoms with E-state index in [2.05, 4.69) is 57.2 Å². The first-order valence-electron chi connectivity index (χ1n) is 34.0. The van der Waals surface area contributed by atoms with Crippen LogP contribution in [0.25, 0.3) is 0 Å². The molecule has 6 nitrogen and oxygen atoms in total. The number of carbonyl (C=O) groups excluding carboxylic acids is 3. The second-order valence-corrected chi connectivity index (χ2v) is 23.1. The van der Waals surface area contributed by atoms with Gasteiger partial charge in [-0.25, -0.2) is 0 Å². The van der Waals surface area contributed by atoms with Gasteiger partial charge in [0.05, 0.1) is 0 Å². The first kappa shape index (κ1) is 73.6. The number of unbranched alkanes of at least 4 members (excludes halogenated alkanes) is 46. The SMILES string of the molecule is CCCCC/C=C\C/C=C\CCCCCCCC(=O)OCC(COC(=O)CCCCCCCCCCCCCCCCCCCCCCCCCCCC)OC(=O)CCCCCCCCC/C=C\CCCCCCCC. The van der Waals surface area contributed by atoms with Gasteiger partial charge in [0.1, 0.15) is 13.2 Å². The molecule has 0 heterocycles. The second kappa shape index (κ2) is 65.2. The summed E-state index contributed by atoms with van der Waals surface area (Å²) >= 11 is 0. The summed E-state index contributed by atoms with van der Waals surface area (Å²) in [6.07, 6.45) is 80.2. The maximum absolute atomic E-state index is 12.9. The van der Waals surface area contributed by atoms with Crippen molar-refractivity contribution in [3.63, 3.8) is 0 Å². The Kier molecular flexibility index (Phi) is 63.1. The topological polar surface area (TPSA) is 78.9 Å². The summed E-state index contributed by atoms with van der Waals surface area (Å²) in [4.78, 5) is 38.4. The first-order chi connectivity index (χ1) is 37.5. The number of hydrogen-bond acceptors (Lipinski definition) is 6. The maximum Gasteiger partial charge on any atom is 0.306 e. The fraction of sp³-hybridized carbons (Fsp3) is 0.871. The lowest BCUT2D eigenvalue weighted by atomic mass is 10.0. The molecule has 0 amide bonds. The molecule has 0 aromatic carbocycles. The molecule has 0 fully saturated rings. The zero-order chi connectivity index (χ0) is 55.0. The fourth-order valence-electron chi connectivity index (χ4n) is 10.2. The average molecular weight is 1070 g/mol. The van der Waals surface area contributed by atoms with Gasteiger partial charge in [0, 0.05) is 19.3 Å². The van der Waals surface area contributed by atoms with Gasteiger partial charge in [-0.15, -0.1) is 0 Å². The van der Waals surface area contributed by atoms with Crippen LogP contribution in [0, 0.1) is 0 Å². The van der Waals surface area contributed by atoms with E-state index in [0.29, 0.717) is 19.3 Å². The van der Waals surface area contributed by atoms with Crippen LogP contribution in [0.5, 0.6) is 0 Å². The van der Waals surface area contributed by atoms with Crippen molar-refractivity contribution in [3.8, 4) is 0 Å². The van der Waals surface area contributed by atoms with Gasteiger partial charge in [0.2, 0.25) is 0 Å². The van der Waals surface area contributed by atoms with Crippen molar-refractivity contribution in [3.05, 3.63) is 36.5 Å². The Morgan fingerprint density at radius 1 is 0.263 bits per heavy atom. The van der Waals surface area contributed by atoms with Crippen LogP contribution in [-0.4, -0.2) is 37.2 Å². The van der Waals surface area contributed by atoms with E-state index in [-0.39, 0.29) is 31.1 Å². The van der Waals surface area contributed by atoms with E-state index in [4.69, 9.17) is 14.2 Å². The molecule has 0 rings (SSSR count). The molecule has 1 atom stereocenters. The Morgan fingerprint density at radius 2 is 0.474 bits per heavy atom. The molecule has 0 aliphatic heterocycles. The quantitative estimate of drug-likeness (QED) is 0.0261. The minimum Gasteiger partial charge on any atom is -0.462 e. The van der Waals surface area contributed by atoms with Gasteiger partial charge in [0.25, 0.3) is 0 Å². The number of carbonyl (C=O) groups is 3. The van der Waals surface area contributed by atoms with Crippen LogP contribution in [0.2, 0.25) is 0 Å². The molecule has 1 unspecified atom stereocenters. The highest BCUT2D eigenvalue weighted by Crippen LogP contribution is 2.18. The molecule has 6 heteroatoms. The van der Waals surface area contributed by atoms with Gasteiger partial charge in [-0.2, -0.15) is 0 Å². The van der Waals surface area contributed by atoms with Crippen molar-refractivity contribution in [2.75, 3.05) is 13.2 Å². The molecule has 0 radical (unpaired) electrons. The fourth-order valence-corrected chi connectivity index (χ4v) is 10.2. The summed E-state index contributed by atoms with van der Waals surface area (Å²) in [5.74, 6) is -0.868. The molecular weight excluding hydrogens is 937 g/mol. The zero-order valence-electron chi connectivity index (χ0n) is 51.3. The largest absolute Gasteiger partial charge is 0.462 e. The smallest absolute Gasteiger partial charge is 0.306 e. The summed E-state index contributed by atoms with van der Waals surface area (Å²) in [6, 6.07) is 0. The lowest BCUT2D eigenvalue weighted by molar-refractivity contribution is -0.167. The van der Waals surface area contributed by atoms with Gasteiger partial charge in [0.15, 0.2) is 6.10 Å². The maximum atomic E-state index is 12.9. The Balaban J connectivity index is 4.25. The molecule has 0 aliphatic carbocycles. The third-order valence-corrected chi connectivity index (χ3v) is 15.4. The van der Waals surface area contributed by atoms with Crippen LogP contribution in [0.3, 0.4) is 0 Å². The summed E-state index contributed by atoms with van der Waals surface area (Å²) in [6.45, 7) is 6.66. The van der Waals surface area contributed by atoms with E-state index in [1.807, 2.05) is 0 Å². The van der Waals surface area contributed by atoms with Crippen molar-refractivity contribution in [2.45, 2.75) is 380 Å². The lowest BCUT2D eigenvalue weighted by Gasteiger charge is -2.18. The highest BCUT2D eigenvalue weighted by molar-refractivity contribution is 5.71. The van der Waals surface area contributed by atoms with Crippen molar-refractivity contribution in [1.82, 2.24) is 0 Å². The van der Waals surface area contributed by atoms with Crippen molar-refractivity contribution >= 4 is 17.9 Å². The van der Waals surface area contributed by atoms with E-state index < -0.39 is 6.10 Å². The molecule has 76 heavy (non-hydrogen) atoms. The lowest BCUT2D eigenvalue weighted by Crippen LogP contribution is -2.30. The summed E-state index contributed by atoms with van der Waals surface area (Å²) in [7, 11) is 0. The van der Waals surface area contributed by atoms with Crippen molar-refractivity contribution in [1.29, 1.82) is 0 Å². The molecule has 0 saturated carbocycles. The minimum absolute atomic E-state index is 0.0741. The van der Waals surface area contributed by atoms with E-state index in [1.54, 1.807) is 0 Å². The molecule has 0 aromatic heterocycles. The first-order valence-corrected chi connectivity index (χ1v) is 34.0. The molecule has 0 spiro atoms. The van der Waals surface area contributed by atoms with Crippen molar-refractivity contribution in [2.24, 2.45) is 0 Å².